The van der Waals surface area contributed by atoms with Crippen molar-refractivity contribution in [3.05, 3.63) is 30.9 Å². The van der Waals surface area contributed by atoms with Gasteiger partial charge in [-0.05, 0) is 18.6 Å². The van der Waals surface area contributed by atoms with E-state index in [1.807, 2.05) is 37.7 Å². The van der Waals surface area contributed by atoms with Crippen molar-refractivity contribution in [3.63, 3.8) is 0 Å². The van der Waals surface area contributed by atoms with Gasteiger partial charge in [0.2, 0.25) is 0 Å². The monoisotopic (exact) mass is 287 g/mol. The van der Waals surface area contributed by atoms with Crippen LogP contribution in [0.3, 0.4) is 0 Å². The number of rotatable bonds is 7. The summed E-state index contributed by atoms with van der Waals surface area (Å²) in [7, 11) is 1.92. The molecule has 0 saturated heterocycles. The molecular weight excluding hydrogens is 262 g/mol. The van der Waals surface area contributed by atoms with E-state index in [4.69, 9.17) is 5.26 Å². The van der Waals surface area contributed by atoms with Gasteiger partial charge in [0.15, 0.2) is 0 Å². The van der Waals surface area contributed by atoms with Gasteiger partial charge in [0.1, 0.15) is 23.4 Å². The van der Waals surface area contributed by atoms with Gasteiger partial charge in [0, 0.05) is 26.0 Å². The summed E-state index contributed by atoms with van der Waals surface area (Å²) >= 11 is 0. The molecule has 0 aliphatic rings. The van der Waals surface area contributed by atoms with Crippen LogP contribution in [0.5, 0.6) is 0 Å². The highest BCUT2D eigenvalue weighted by molar-refractivity contribution is 6.07. The first-order valence-corrected chi connectivity index (χ1v) is 7.25. The molecule has 5 nitrogen and oxygen atoms in total. The number of unbranched alkanes of at least 4 members (excludes halogenated alkanes) is 1. The topological polar surface area (TPSA) is 66.0 Å². The third-order valence-corrected chi connectivity index (χ3v) is 2.49. The van der Waals surface area contributed by atoms with Gasteiger partial charge in [-0.3, -0.25) is 0 Å². The van der Waals surface area contributed by atoms with Gasteiger partial charge in [-0.25, -0.2) is 9.98 Å². The molecular formula is C16H25N5. The fourth-order valence-electron chi connectivity index (χ4n) is 1.43. The lowest BCUT2D eigenvalue weighted by atomic mass is 10.3. The highest BCUT2D eigenvalue weighted by Gasteiger charge is 2.01. The Morgan fingerprint density at radius 2 is 2.29 bits per heavy atom. The maximum Gasteiger partial charge on any atom is 0.144 e. The first kappa shape index (κ1) is 18.7. The minimum atomic E-state index is 0.284. The molecule has 0 bridgehead atoms. The molecule has 5 heteroatoms. The molecule has 0 radical (unpaired) electrons. The van der Waals surface area contributed by atoms with E-state index < -0.39 is 0 Å². The van der Waals surface area contributed by atoms with Crippen LogP contribution >= 0.6 is 0 Å². The van der Waals surface area contributed by atoms with Gasteiger partial charge in [-0.2, -0.15) is 5.26 Å². The second-order valence-electron chi connectivity index (χ2n) is 4.02. The lowest BCUT2D eigenvalue weighted by Gasteiger charge is -1.98. The van der Waals surface area contributed by atoms with Gasteiger partial charge in [-0.1, -0.05) is 33.8 Å². The molecule has 0 saturated carbocycles. The summed E-state index contributed by atoms with van der Waals surface area (Å²) in [5, 5.41) is 11.9. The number of allylic oxidation sites excluding steroid dienone is 1. The van der Waals surface area contributed by atoms with Crippen LogP contribution in [0.4, 0.5) is 5.82 Å². The fraction of sp³-hybridized carbons (Fsp3) is 0.438. The van der Waals surface area contributed by atoms with E-state index in [-0.39, 0.29) is 5.71 Å². The van der Waals surface area contributed by atoms with E-state index in [0.29, 0.717) is 0 Å². The quantitative estimate of drug-likeness (QED) is 0.613. The highest BCUT2D eigenvalue weighted by Crippen LogP contribution is 2.08. The second-order valence-corrected chi connectivity index (χ2v) is 4.02. The number of aromatic nitrogens is 2. The van der Waals surface area contributed by atoms with Crippen LogP contribution in [0.25, 0.3) is 6.08 Å². The van der Waals surface area contributed by atoms with Crippen LogP contribution in [0, 0.1) is 11.3 Å². The van der Waals surface area contributed by atoms with Crippen molar-refractivity contribution >= 4 is 17.6 Å². The number of imidazole rings is 1. The third-order valence-electron chi connectivity index (χ3n) is 2.49. The molecule has 0 aliphatic carbocycles. The van der Waals surface area contributed by atoms with Crippen molar-refractivity contribution < 1.29 is 0 Å². The Balaban J connectivity index is 0.00000191. The van der Waals surface area contributed by atoms with E-state index in [9.17, 15) is 0 Å². The van der Waals surface area contributed by atoms with Gasteiger partial charge >= 0.3 is 0 Å². The van der Waals surface area contributed by atoms with Crippen LogP contribution in [0.2, 0.25) is 0 Å². The van der Waals surface area contributed by atoms with Crippen molar-refractivity contribution in [2.75, 3.05) is 11.9 Å². The summed E-state index contributed by atoms with van der Waals surface area (Å²) in [4.78, 5) is 8.38. The predicted octanol–water partition coefficient (Wildman–Crippen LogP) is 3.78. The molecule has 0 aliphatic heterocycles. The normalized spacial score (nSPS) is 10.7. The van der Waals surface area contributed by atoms with Crippen LogP contribution in [-0.4, -0.2) is 21.8 Å². The summed E-state index contributed by atoms with van der Waals surface area (Å²) in [5.74, 6) is 1.63. The molecule has 21 heavy (non-hydrogen) atoms. The Hall–Kier alpha value is -2.35. The van der Waals surface area contributed by atoms with E-state index in [1.165, 1.54) is 6.08 Å². The number of hydrogen-bond acceptors (Lipinski definition) is 4. The predicted molar refractivity (Wildman–Crippen MR) is 90.2 cm³/mol. The zero-order valence-corrected chi connectivity index (χ0v) is 13.4. The first-order valence-electron chi connectivity index (χ1n) is 7.25. The van der Waals surface area contributed by atoms with Gasteiger partial charge in [-0.15, -0.1) is 0 Å². The molecule has 0 spiro atoms. The maximum absolute atomic E-state index is 8.69. The zero-order valence-electron chi connectivity index (χ0n) is 13.4. The van der Waals surface area contributed by atoms with Crippen LogP contribution in [0.15, 0.2) is 30.0 Å². The van der Waals surface area contributed by atoms with E-state index in [0.717, 1.165) is 31.0 Å². The molecule has 1 aromatic heterocycles. The Morgan fingerprint density at radius 3 is 2.86 bits per heavy atom. The number of nitriles is 1. The molecule has 1 N–H and O–H groups in total. The summed E-state index contributed by atoms with van der Waals surface area (Å²) in [6.45, 7) is 10.6. The number of hydrogen-bond donors (Lipinski definition) is 1. The molecule has 0 aromatic carbocycles. The third kappa shape index (κ3) is 7.11. The Morgan fingerprint density at radius 1 is 1.57 bits per heavy atom. The zero-order chi connectivity index (χ0) is 16.1. The van der Waals surface area contributed by atoms with Crippen molar-refractivity contribution in [1.82, 2.24) is 9.55 Å². The molecule has 0 amide bonds. The van der Waals surface area contributed by atoms with Gasteiger partial charge < -0.3 is 9.88 Å². The summed E-state index contributed by atoms with van der Waals surface area (Å²) in [6, 6.07) is 1.93. The van der Waals surface area contributed by atoms with Crippen molar-refractivity contribution in [1.29, 1.82) is 5.26 Å². The Bertz CT molecular complexity index is 517. The van der Waals surface area contributed by atoms with Crippen molar-refractivity contribution in [3.8, 4) is 6.07 Å². The summed E-state index contributed by atoms with van der Waals surface area (Å²) in [6.07, 6.45) is 8.93. The number of nitrogens with zero attached hydrogens (tertiary/aromatic N) is 4. The lowest BCUT2D eigenvalue weighted by Crippen LogP contribution is -2.00. The Kier molecular flexibility index (Phi) is 10.2. The number of nitrogens with one attached hydrogen (secondary N) is 1. The average molecular weight is 287 g/mol. The number of aryl methyl sites for hydroxylation is 1. The van der Waals surface area contributed by atoms with E-state index in [1.54, 1.807) is 12.3 Å². The van der Waals surface area contributed by atoms with Crippen LogP contribution < -0.4 is 5.32 Å². The van der Waals surface area contributed by atoms with Crippen LogP contribution in [0.1, 0.15) is 39.4 Å². The fourth-order valence-corrected chi connectivity index (χ4v) is 1.43. The van der Waals surface area contributed by atoms with Crippen LogP contribution in [-0.2, 0) is 7.05 Å². The molecule has 1 rings (SSSR count). The molecule has 0 atom stereocenters. The van der Waals surface area contributed by atoms with Crippen molar-refractivity contribution in [2.45, 2.75) is 33.6 Å². The van der Waals surface area contributed by atoms with Gasteiger partial charge in [0.25, 0.3) is 0 Å². The summed E-state index contributed by atoms with van der Waals surface area (Å²) < 4.78 is 1.90. The first-order chi connectivity index (χ1) is 10.2. The lowest BCUT2D eigenvalue weighted by molar-refractivity contribution is 0.831. The van der Waals surface area contributed by atoms with E-state index >= 15 is 0 Å². The maximum atomic E-state index is 8.69. The molecule has 114 valence electrons. The van der Waals surface area contributed by atoms with Gasteiger partial charge in [0.05, 0.1) is 0 Å². The largest absolute Gasteiger partial charge is 0.369 e. The highest BCUT2D eigenvalue weighted by atomic mass is 15.1. The number of anilines is 1. The number of aliphatic imine (C=N–C) groups is 1. The average Bonchev–Trinajstić information content (AvgIpc) is 2.86. The van der Waals surface area contributed by atoms with Crippen molar-refractivity contribution in [2.24, 2.45) is 12.0 Å². The minimum Gasteiger partial charge on any atom is -0.369 e. The molecule has 0 unspecified atom stereocenters. The minimum absolute atomic E-state index is 0.284. The molecule has 1 heterocycles. The molecule has 0 fully saturated rings. The Labute approximate surface area is 127 Å². The standard InChI is InChI=1S/C14H19N5.C2H6/c1-4-6-8-17-13-11-19(3)14(18-13)7-9-16-12(5-2)10-15;1-2/h5,7,9,11,17H,2,4,6,8H2,1,3H3;1-2H3/b9-7+,16-12?;. The van der Waals surface area contributed by atoms with E-state index in [2.05, 4.69) is 28.8 Å². The molecule has 1 aromatic rings. The second kappa shape index (κ2) is 11.5. The smallest absolute Gasteiger partial charge is 0.144 e. The summed E-state index contributed by atoms with van der Waals surface area (Å²) in [5.41, 5.74) is 0.284. The SMILES string of the molecule is C=CC(C#N)=N/C=C/c1nc(NCCCC)cn1C.CC.